The molecule has 20 heavy (non-hydrogen) atoms. The van der Waals surface area contributed by atoms with Gasteiger partial charge < -0.3 is 4.57 Å². The third-order valence-corrected chi connectivity index (χ3v) is 5.27. The summed E-state index contributed by atoms with van der Waals surface area (Å²) in [5.41, 5.74) is 2.28. The molecule has 1 saturated carbocycles. The highest BCUT2D eigenvalue weighted by Crippen LogP contribution is 2.37. The Balaban J connectivity index is 2.04. The topological polar surface area (TPSA) is 17.8 Å². The third kappa shape index (κ3) is 2.62. The van der Waals surface area contributed by atoms with Gasteiger partial charge in [0.25, 0.3) is 0 Å². The van der Waals surface area contributed by atoms with E-state index in [1.165, 1.54) is 37.6 Å². The van der Waals surface area contributed by atoms with Gasteiger partial charge in [0.2, 0.25) is 0 Å². The minimum Gasteiger partial charge on any atom is -0.324 e. The second kappa shape index (κ2) is 6.07. The molecule has 1 aliphatic rings. The summed E-state index contributed by atoms with van der Waals surface area (Å²) in [7, 11) is 0. The van der Waals surface area contributed by atoms with Crippen LogP contribution in [0.15, 0.2) is 22.7 Å². The number of hydrogen-bond donors (Lipinski definition) is 0. The Kier molecular flexibility index (Phi) is 4.37. The molecule has 0 bridgehead atoms. The van der Waals surface area contributed by atoms with E-state index in [0.29, 0.717) is 11.9 Å². The third-order valence-electron chi connectivity index (χ3n) is 4.54. The fraction of sp³-hybridized carbons (Fsp3) is 0.562. The summed E-state index contributed by atoms with van der Waals surface area (Å²) < 4.78 is 3.47. The smallest absolute Gasteiger partial charge is 0.125 e. The van der Waals surface area contributed by atoms with Crippen LogP contribution in [0.1, 0.15) is 50.9 Å². The number of halogens is 2. The Morgan fingerprint density at radius 3 is 3.00 bits per heavy atom. The van der Waals surface area contributed by atoms with E-state index in [1.54, 1.807) is 0 Å². The van der Waals surface area contributed by atoms with Crippen LogP contribution in [0.5, 0.6) is 0 Å². The van der Waals surface area contributed by atoms with E-state index < -0.39 is 0 Å². The Labute approximate surface area is 133 Å². The summed E-state index contributed by atoms with van der Waals surface area (Å²) in [4.78, 5) is 4.72. The van der Waals surface area contributed by atoms with Crippen molar-refractivity contribution in [3.63, 3.8) is 0 Å². The first-order valence-corrected chi connectivity index (χ1v) is 8.78. The van der Waals surface area contributed by atoms with Gasteiger partial charge in [-0.25, -0.2) is 4.98 Å². The van der Waals surface area contributed by atoms with Crippen molar-refractivity contribution >= 4 is 38.6 Å². The molecule has 2 nitrogen and oxygen atoms in total. The van der Waals surface area contributed by atoms with Gasteiger partial charge in [0.05, 0.1) is 16.9 Å². The molecule has 4 heteroatoms. The first kappa shape index (κ1) is 14.4. The number of hydrogen-bond acceptors (Lipinski definition) is 1. The van der Waals surface area contributed by atoms with Gasteiger partial charge in [0, 0.05) is 10.5 Å². The Hall–Kier alpha value is -0.540. The van der Waals surface area contributed by atoms with Crippen LogP contribution in [0.2, 0.25) is 0 Å². The zero-order valence-electron chi connectivity index (χ0n) is 11.8. The summed E-state index contributed by atoms with van der Waals surface area (Å²) in [5.74, 6) is 2.35. The van der Waals surface area contributed by atoms with Crippen molar-refractivity contribution < 1.29 is 0 Å². The number of alkyl halides is 1. The van der Waals surface area contributed by atoms with Crippen LogP contribution >= 0.6 is 27.5 Å². The second-order valence-electron chi connectivity index (χ2n) is 5.76. The average Bonchev–Trinajstić information content (AvgIpc) is 2.84. The van der Waals surface area contributed by atoms with E-state index >= 15 is 0 Å². The fourth-order valence-electron chi connectivity index (χ4n) is 3.49. The summed E-state index contributed by atoms with van der Waals surface area (Å²) in [5, 5.41) is 0. The zero-order chi connectivity index (χ0) is 14.1. The highest BCUT2D eigenvalue weighted by Gasteiger charge is 2.25. The van der Waals surface area contributed by atoms with Crippen LogP contribution in [-0.4, -0.2) is 9.55 Å². The molecule has 1 heterocycles. The summed E-state index contributed by atoms with van der Waals surface area (Å²) in [6.07, 6.45) is 6.50. The van der Waals surface area contributed by atoms with Crippen LogP contribution < -0.4 is 0 Å². The SMILES string of the molecule is CCC1CCCC(n2c(CCl)nc3cc(Br)ccc32)C1. The average molecular weight is 356 g/mol. The molecule has 0 saturated heterocycles. The van der Waals surface area contributed by atoms with Gasteiger partial charge in [-0.2, -0.15) is 0 Å². The molecule has 3 rings (SSSR count). The minimum atomic E-state index is 0.486. The molecule has 1 fully saturated rings. The molecule has 2 atom stereocenters. The van der Waals surface area contributed by atoms with E-state index in [2.05, 4.69) is 45.6 Å². The van der Waals surface area contributed by atoms with Gasteiger partial charge in [-0.1, -0.05) is 42.1 Å². The molecule has 0 spiro atoms. The number of rotatable bonds is 3. The van der Waals surface area contributed by atoms with Gasteiger partial charge in [0.15, 0.2) is 0 Å². The number of nitrogens with zero attached hydrogens (tertiary/aromatic N) is 2. The van der Waals surface area contributed by atoms with E-state index in [0.717, 1.165) is 21.7 Å². The van der Waals surface area contributed by atoms with Crippen LogP contribution in [0.25, 0.3) is 11.0 Å². The van der Waals surface area contributed by atoms with E-state index in [-0.39, 0.29) is 0 Å². The van der Waals surface area contributed by atoms with Gasteiger partial charge in [0.1, 0.15) is 5.82 Å². The Morgan fingerprint density at radius 2 is 2.25 bits per heavy atom. The Bertz CT molecular complexity index is 608. The standard InChI is InChI=1S/C16H20BrClN2/c1-2-11-4-3-5-13(8-11)20-15-7-6-12(17)9-14(15)19-16(20)10-18/h6-7,9,11,13H,2-5,8,10H2,1H3. The summed E-state index contributed by atoms with van der Waals surface area (Å²) in [6.45, 7) is 2.30. The van der Waals surface area contributed by atoms with Crippen LogP contribution in [0.3, 0.4) is 0 Å². The minimum absolute atomic E-state index is 0.486. The molecule has 1 aromatic carbocycles. The maximum Gasteiger partial charge on any atom is 0.125 e. The lowest BCUT2D eigenvalue weighted by Gasteiger charge is -2.30. The highest BCUT2D eigenvalue weighted by atomic mass is 79.9. The fourth-order valence-corrected chi connectivity index (χ4v) is 4.03. The molecule has 108 valence electrons. The summed E-state index contributed by atoms with van der Waals surface area (Å²) in [6, 6.07) is 6.91. The van der Waals surface area contributed by atoms with Gasteiger partial charge >= 0.3 is 0 Å². The molecule has 0 N–H and O–H groups in total. The lowest BCUT2D eigenvalue weighted by molar-refractivity contribution is 0.262. The van der Waals surface area contributed by atoms with Crippen molar-refractivity contribution in [2.45, 2.75) is 50.9 Å². The van der Waals surface area contributed by atoms with Crippen LogP contribution in [0, 0.1) is 5.92 Å². The van der Waals surface area contributed by atoms with Crippen molar-refractivity contribution in [3.8, 4) is 0 Å². The lowest BCUT2D eigenvalue weighted by atomic mass is 9.84. The molecule has 0 radical (unpaired) electrons. The number of fused-ring (bicyclic) bond motifs is 1. The van der Waals surface area contributed by atoms with Crippen LogP contribution in [0.4, 0.5) is 0 Å². The predicted molar refractivity (Wildman–Crippen MR) is 88.3 cm³/mol. The molecule has 0 aliphatic heterocycles. The van der Waals surface area contributed by atoms with Crippen molar-refractivity contribution in [2.75, 3.05) is 0 Å². The maximum absolute atomic E-state index is 6.14. The van der Waals surface area contributed by atoms with Crippen LogP contribution in [-0.2, 0) is 5.88 Å². The quantitative estimate of drug-likeness (QED) is 0.648. The summed E-state index contributed by atoms with van der Waals surface area (Å²) >= 11 is 9.66. The number of aromatic nitrogens is 2. The normalized spacial score (nSPS) is 23.4. The van der Waals surface area contributed by atoms with Crippen molar-refractivity contribution in [1.82, 2.24) is 9.55 Å². The lowest BCUT2D eigenvalue weighted by Crippen LogP contribution is -2.20. The van der Waals surface area contributed by atoms with Crippen molar-refractivity contribution in [3.05, 3.63) is 28.5 Å². The molecule has 2 aromatic rings. The molecule has 1 aromatic heterocycles. The Morgan fingerprint density at radius 1 is 1.40 bits per heavy atom. The number of imidazole rings is 1. The molecule has 1 aliphatic carbocycles. The van der Waals surface area contributed by atoms with Gasteiger partial charge in [-0.15, -0.1) is 11.6 Å². The molecule has 0 amide bonds. The zero-order valence-corrected chi connectivity index (χ0v) is 14.1. The predicted octanol–water partition coefficient (Wildman–Crippen LogP) is 5.68. The molecular weight excluding hydrogens is 336 g/mol. The monoisotopic (exact) mass is 354 g/mol. The number of benzene rings is 1. The maximum atomic E-state index is 6.14. The van der Waals surface area contributed by atoms with E-state index in [1.807, 2.05) is 0 Å². The largest absolute Gasteiger partial charge is 0.324 e. The first-order chi connectivity index (χ1) is 9.72. The van der Waals surface area contributed by atoms with E-state index in [9.17, 15) is 0 Å². The first-order valence-electron chi connectivity index (χ1n) is 7.45. The van der Waals surface area contributed by atoms with Gasteiger partial charge in [-0.3, -0.25) is 0 Å². The molecule has 2 unspecified atom stereocenters. The second-order valence-corrected chi connectivity index (χ2v) is 6.94. The van der Waals surface area contributed by atoms with E-state index in [4.69, 9.17) is 16.6 Å². The highest BCUT2D eigenvalue weighted by molar-refractivity contribution is 9.10. The van der Waals surface area contributed by atoms with Gasteiger partial charge in [-0.05, 0) is 37.0 Å². The molecular formula is C16H20BrClN2. The van der Waals surface area contributed by atoms with Crippen molar-refractivity contribution in [1.29, 1.82) is 0 Å². The van der Waals surface area contributed by atoms with Crippen molar-refractivity contribution in [2.24, 2.45) is 5.92 Å².